The van der Waals surface area contributed by atoms with Crippen LogP contribution in [0.15, 0.2) is 43.1 Å². The van der Waals surface area contributed by atoms with Crippen LogP contribution in [0.25, 0.3) is 27.8 Å². The molecule has 1 unspecified atom stereocenters. The summed E-state index contributed by atoms with van der Waals surface area (Å²) in [5, 5.41) is 11.0. The van der Waals surface area contributed by atoms with E-state index < -0.39 is 0 Å². The van der Waals surface area contributed by atoms with Crippen molar-refractivity contribution in [2.45, 2.75) is 50.5 Å². The van der Waals surface area contributed by atoms with Gasteiger partial charge in [0.2, 0.25) is 5.95 Å². The number of hydrogen-bond acceptors (Lipinski definition) is 6. The van der Waals surface area contributed by atoms with E-state index in [1.54, 1.807) is 17.0 Å². The number of piperidine rings is 1. The van der Waals surface area contributed by atoms with Crippen molar-refractivity contribution in [2.75, 3.05) is 4.90 Å². The minimum Gasteiger partial charge on any atom is -0.376 e. The number of rotatable bonds is 3. The molecular weight excluding hydrogens is 366 g/mol. The molecule has 2 bridgehead atoms. The number of fused-ring (bicyclic) bond motifs is 5. The van der Waals surface area contributed by atoms with Crippen molar-refractivity contribution >= 4 is 22.6 Å². The first-order valence-electron chi connectivity index (χ1n) is 10.2. The molecule has 148 valence electrons. The van der Waals surface area contributed by atoms with Crippen LogP contribution in [0.1, 0.15) is 25.7 Å². The molecule has 8 nitrogen and oxygen atoms in total. The number of nitrogens with two attached hydrogens (primary N) is 1. The van der Waals surface area contributed by atoms with Crippen LogP contribution in [-0.4, -0.2) is 47.2 Å². The fourth-order valence-corrected chi connectivity index (χ4v) is 5.27. The van der Waals surface area contributed by atoms with Crippen LogP contribution in [0.3, 0.4) is 0 Å². The van der Waals surface area contributed by atoms with Gasteiger partial charge in [-0.25, -0.2) is 4.98 Å². The number of aliphatic hydroxyl groups is 1. The normalized spacial score (nSPS) is 24.1. The van der Waals surface area contributed by atoms with Crippen LogP contribution in [0.5, 0.6) is 0 Å². The summed E-state index contributed by atoms with van der Waals surface area (Å²) in [5.74, 6) is 0.901. The second-order valence-corrected chi connectivity index (χ2v) is 8.14. The summed E-state index contributed by atoms with van der Waals surface area (Å²) in [4.78, 5) is 16.3. The lowest BCUT2D eigenvalue weighted by molar-refractivity contribution is 0.215. The second kappa shape index (κ2) is 6.27. The highest BCUT2D eigenvalue weighted by molar-refractivity contribution is 6.03. The van der Waals surface area contributed by atoms with E-state index in [1.165, 1.54) is 0 Å². The van der Waals surface area contributed by atoms with E-state index in [4.69, 9.17) is 10.7 Å². The largest absolute Gasteiger partial charge is 0.376 e. The van der Waals surface area contributed by atoms with Crippen molar-refractivity contribution in [3.05, 3.63) is 43.1 Å². The molecular formula is C21H23N7O. The van der Waals surface area contributed by atoms with Crippen molar-refractivity contribution in [1.82, 2.24) is 23.9 Å². The predicted octanol–water partition coefficient (Wildman–Crippen LogP) is 2.15. The third kappa shape index (κ3) is 2.42. The highest BCUT2D eigenvalue weighted by Gasteiger charge is 2.41. The number of aromatic nitrogens is 5. The molecule has 3 atom stereocenters. The fourth-order valence-electron chi connectivity index (χ4n) is 5.27. The van der Waals surface area contributed by atoms with Crippen LogP contribution in [0.4, 0.5) is 5.95 Å². The molecule has 0 radical (unpaired) electrons. The number of pyridine rings is 1. The molecule has 2 aliphatic heterocycles. The molecule has 29 heavy (non-hydrogen) atoms. The molecule has 0 aliphatic carbocycles. The van der Waals surface area contributed by atoms with Crippen LogP contribution in [0.2, 0.25) is 0 Å². The first-order valence-corrected chi connectivity index (χ1v) is 10.2. The Morgan fingerprint density at radius 2 is 1.83 bits per heavy atom. The molecule has 0 aromatic carbocycles. The van der Waals surface area contributed by atoms with Gasteiger partial charge in [0.1, 0.15) is 12.4 Å². The van der Waals surface area contributed by atoms with E-state index in [0.29, 0.717) is 12.1 Å². The number of aliphatic hydroxyl groups excluding tert-OH is 1. The maximum absolute atomic E-state index is 10.0. The van der Waals surface area contributed by atoms with E-state index in [-0.39, 0.29) is 12.8 Å². The van der Waals surface area contributed by atoms with E-state index in [9.17, 15) is 5.11 Å². The Kier molecular flexibility index (Phi) is 3.66. The number of anilines is 1. The van der Waals surface area contributed by atoms with Crippen LogP contribution >= 0.6 is 0 Å². The highest BCUT2D eigenvalue weighted by atomic mass is 16.3. The summed E-state index contributed by atoms with van der Waals surface area (Å²) in [7, 11) is 0. The summed E-state index contributed by atoms with van der Waals surface area (Å²) < 4.78 is 3.89. The zero-order valence-electron chi connectivity index (χ0n) is 16.0. The van der Waals surface area contributed by atoms with Crippen molar-refractivity contribution < 1.29 is 5.11 Å². The average molecular weight is 389 g/mol. The summed E-state index contributed by atoms with van der Waals surface area (Å²) in [5.41, 5.74) is 9.92. The standard InChI is InChI=1S/C21H23N7O/c22-14-9-15-1-2-16(10-14)28(15)21-25-20-18(19-24-7-8-27(19)21)17(11-26(20)12-29)13-3-5-23-6-4-13/h3-8,11,14-16,29H,1-2,9-10,12,22H2/t14?,15-,16+. The van der Waals surface area contributed by atoms with E-state index in [0.717, 1.165) is 59.4 Å². The van der Waals surface area contributed by atoms with Gasteiger partial charge >= 0.3 is 0 Å². The number of nitrogens with zero attached hydrogens (tertiary/aromatic N) is 6. The Morgan fingerprint density at radius 3 is 2.55 bits per heavy atom. The average Bonchev–Trinajstić information content (AvgIpc) is 3.42. The van der Waals surface area contributed by atoms with Crippen LogP contribution < -0.4 is 10.6 Å². The lowest BCUT2D eigenvalue weighted by Crippen LogP contribution is -2.48. The van der Waals surface area contributed by atoms with Gasteiger partial charge in [-0.05, 0) is 43.4 Å². The zero-order chi connectivity index (χ0) is 19.5. The Morgan fingerprint density at radius 1 is 1.07 bits per heavy atom. The highest BCUT2D eigenvalue weighted by Crippen LogP contribution is 2.40. The minimum absolute atomic E-state index is 0.136. The van der Waals surface area contributed by atoms with Gasteiger partial charge in [-0.15, -0.1) is 0 Å². The van der Waals surface area contributed by atoms with E-state index in [1.807, 2.05) is 30.7 Å². The van der Waals surface area contributed by atoms with E-state index in [2.05, 4.69) is 19.3 Å². The molecule has 0 spiro atoms. The van der Waals surface area contributed by atoms with Crippen molar-refractivity contribution in [1.29, 1.82) is 0 Å². The summed E-state index contributed by atoms with van der Waals surface area (Å²) in [6.45, 7) is -0.136. The fraction of sp³-hybridized carbons (Fsp3) is 0.381. The van der Waals surface area contributed by atoms with Gasteiger partial charge < -0.3 is 20.3 Å². The topological polar surface area (TPSA) is 97.5 Å². The quantitative estimate of drug-likeness (QED) is 0.557. The number of hydrogen-bond donors (Lipinski definition) is 2. The molecule has 4 aromatic rings. The van der Waals surface area contributed by atoms with Gasteiger partial charge in [0.25, 0.3) is 0 Å². The monoisotopic (exact) mass is 389 g/mol. The van der Waals surface area contributed by atoms with Gasteiger partial charge in [-0.1, -0.05) is 0 Å². The van der Waals surface area contributed by atoms with Crippen LogP contribution in [-0.2, 0) is 6.73 Å². The molecule has 3 N–H and O–H groups in total. The molecule has 2 fully saturated rings. The maximum Gasteiger partial charge on any atom is 0.213 e. The lowest BCUT2D eigenvalue weighted by Gasteiger charge is -2.38. The Bertz CT molecular complexity index is 1180. The Labute approximate surface area is 167 Å². The van der Waals surface area contributed by atoms with Crippen molar-refractivity contribution in [3.63, 3.8) is 0 Å². The molecule has 8 heteroatoms. The molecule has 2 saturated heterocycles. The SMILES string of the molecule is NC1C[C@H]2CC[C@@H](C1)N2c1nc2c(c(-c3ccncc3)cn2CO)c2nccn12. The van der Waals surface area contributed by atoms with E-state index >= 15 is 0 Å². The maximum atomic E-state index is 10.0. The first kappa shape index (κ1) is 16.9. The first-order chi connectivity index (χ1) is 14.2. The molecule has 0 saturated carbocycles. The zero-order valence-corrected chi connectivity index (χ0v) is 16.0. The van der Waals surface area contributed by atoms with Crippen molar-refractivity contribution in [3.8, 4) is 11.1 Å². The lowest BCUT2D eigenvalue weighted by atomic mass is 9.98. The van der Waals surface area contributed by atoms with Gasteiger partial charge in [-0.2, -0.15) is 4.98 Å². The second-order valence-electron chi connectivity index (χ2n) is 8.14. The predicted molar refractivity (Wildman–Crippen MR) is 110 cm³/mol. The Balaban J connectivity index is 1.62. The third-order valence-electron chi connectivity index (χ3n) is 6.48. The minimum atomic E-state index is -0.136. The third-order valence-corrected chi connectivity index (χ3v) is 6.48. The smallest absolute Gasteiger partial charge is 0.213 e. The van der Waals surface area contributed by atoms with Crippen molar-refractivity contribution in [2.24, 2.45) is 5.73 Å². The van der Waals surface area contributed by atoms with Gasteiger partial charge in [0.15, 0.2) is 5.65 Å². The molecule has 2 aliphatic rings. The summed E-state index contributed by atoms with van der Waals surface area (Å²) in [6, 6.07) is 5.03. The van der Waals surface area contributed by atoms with Gasteiger partial charge in [0.05, 0.1) is 5.39 Å². The van der Waals surface area contributed by atoms with Crippen LogP contribution in [0, 0.1) is 0 Å². The summed E-state index contributed by atoms with van der Waals surface area (Å²) >= 11 is 0. The Hall–Kier alpha value is -2.97. The molecule has 6 rings (SSSR count). The number of imidazole rings is 1. The van der Waals surface area contributed by atoms with Gasteiger partial charge in [-0.3, -0.25) is 9.38 Å². The van der Waals surface area contributed by atoms with Gasteiger partial charge in [0, 0.05) is 54.7 Å². The molecule has 0 amide bonds. The molecule has 6 heterocycles. The summed E-state index contributed by atoms with van der Waals surface area (Å²) in [6.07, 6.45) is 13.6. The molecule has 4 aromatic heterocycles.